The molecule has 0 spiro atoms. The van der Waals surface area contributed by atoms with Crippen LogP contribution in [0.1, 0.15) is 109 Å². The molecule has 0 radical (unpaired) electrons. The molecule has 3 unspecified atom stereocenters. The molecule has 3 aromatic rings. The standard InChI is InChI=1S/C65H70N2O21S2/c1-6-53(68)80-36-39(3)83-40(4)37-81-57(72)28-26-55(70)78-32-30-42-8-20-49(21-9-42)85-61(74)44-12-16-46(17-13-44)63(76)87-51-24-25-52(60-59(51)89-65(90-60)48(34-66)35-67)88-64(77)47-18-14-45(15-19-47)62(75)86-50-22-10-43(11-23-50)31-33-79-56(71)27-29-58(73)82-38-41(5)84-54(69)7-2/h6-11,20-25,39-41,44-47H,1-2,12-19,26-33,36-38H2,3-5H3. The highest BCUT2D eigenvalue weighted by Gasteiger charge is 2.37. The number of rotatable bonds is 31. The number of carbonyl (C=O) groups is 10. The van der Waals surface area contributed by atoms with Crippen LogP contribution >= 0.6 is 23.5 Å². The summed E-state index contributed by atoms with van der Waals surface area (Å²) >= 11 is 2.09. The number of esters is 10. The second-order valence-electron chi connectivity index (χ2n) is 21.2. The highest BCUT2D eigenvalue weighted by Crippen LogP contribution is 2.59. The van der Waals surface area contributed by atoms with E-state index in [1.54, 1.807) is 69.3 Å². The van der Waals surface area contributed by atoms with Gasteiger partial charge < -0.3 is 52.1 Å². The van der Waals surface area contributed by atoms with Crippen LogP contribution < -0.4 is 18.9 Å². The Morgan fingerprint density at radius 3 is 1.19 bits per heavy atom. The average Bonchev–Trinajstić information content (AvgIpc) is 1.70. The van der Waals surface area contributed by atoms with E-state index in [-0.39, 0.29) is 75.8 Å². The van der Waals surface area contributed by atoms with E-state index in [1.807, 2.05) is 12.1 Å². The van der Waals surface area contributed by atoms with Crippen molar-refractivity contribution in [2.24, 2.45) is 23.7 Å². The molecule has 2 fully saturated rings. The van der Waals surface area contributed by atoms with Gasteiger partial charge in [-0.2, -0.15) is 10.5 Å². The molecular weight excluding hydrogens is 1210 g/mol. The van der Waals surface area contributed by atoms with E-state index in [4.69, 9.17) is 52.1 Å². The van der Waals surface area contributed by atoms with E-state index in [1.165, 1.54) is 12.1 Å². The molecule has 0 bridgehead atoms. The van der Waals surface area contributed by atoms with E-state index >= 15 is 0 Å². The van der Waals surface area contributed by atoms with Crippen molar-refractivity contribution in [2.75, 3.05) is 33.0 Å². The van der Waals surface area contributed by atoms with Crippen molar-refractivity contribution in [2.45, 2.75) is 139 Å². The molecule has 3 aromatic carbocycles. The van der Waals surface area contributed by atoms with Crippen molar-refractivity contribution >= 4 is 83.2 Å². The lowest BCUT2D eigenvalue weighted by molar-refractivity contribution is -0.156. The summed E-state index contributed by atoms with van der Waals surface area (Å²) in [7, 11) is 0. The highest BCUT2D eigenvalue weighted by molar-refractivity contribution is 8.24. The molecule has 0 amide bonds. The fourth-order valence-electron chi connectivity index (χ4n) is 9.36. The lowest BCUT2D eigenvalue weighted by Gasteiger charge is -2.26. The number of nitriles is 2. The Morgan fingerprint density at radius 1 is 0.478 bits per heavy atom. The van der Waals surface area contributed by atoms with Gasteiger partial charge in [-0.3, -0.25) is 38.4 Å². The molecule has 478 valence electrons. The number of ether oxygens (including phenoxy) is 11. The van der Waals surface area contributed by atoms with Gasteiger partial charge in [0.15, 0.2) is 0 Å². The molecule has 1 heterocycles. The predicted octanol–water partition coefficient (Wildman–Crippen LogP) is 9.24. The summed E-state index contributed by atoms with van der Waals surface area (Å²) in [5.41, 5.74) is 1.44. The first-order chi connectivity index (χ1) is 43.2. The van der Waals surface area contributed by atoms with Gasteiger partial charge in [0.05, 0.1) is 88.8 Å². The van der Waals surface area contributed by atoms with Crippen LogP contribution in [0.15, 0.2) is 106 Å². The van der Waals surface area contributed by atoms with Crippen LogP contribution in [-0.4, -0.2) is 111 Å². The molecule has 3 atom stereocenters. The van der Waals surface area contributed by atoms with Crippen LogP contribution in [0.5, 0.6) is 23.0 Å². The summed E-state index contributed by atoms with van der Waals surface area (Å²) in [5, 5.41) is 19.4. The summed E-state index contributed by atoms with van der Waals surface area (Å²) < 4.78 is 59.7. The van der Waals surface area contributed by atoms with Gasteiger partial charge in [-0.25, -0.2) is 9.59 Å². The predicted molar refractivity (Wildman–Crippen MR) is 319 cm³/mol. The topological polar surface area (TPSA) is 320 Å². The smallest absolute Gasteiger partial charge is 0.330 e. The van der Waals surface area contributed by atoms with E-state index < -0.39 is 102 Å². The Hall–Kier alpha value is -8.78. The van der Waals surface area contributed by atoms with E-state index in [0.717, 1.165) is 46.8 Å². The van der Waals surface area contributed by atoms with Gasteiger partial charge in [-0.1, -0.05) is 60.9 Å². The Kier molecular flexibility index (Phi) is 28.1. The molecule has 0 saturated heterocycles. The minimum Gasteiger partial charge on any atom is -0.465 e. The van der Waals surface area contributed by atoms with Crippen molar-refractivity contribution in [3.8, 4) is 35.1 Å². The molecule has 6 rings (SSSR count). The quantitative estimate of drug-likeness (QED) is 0.0190. The van der Waals surface area contributed by atoms with Crippen molar-refractivity contribution < 1.29 is 100 Å². The van der Waals surface area contributed by atoms with Crippen molar-refractivity contribution in [3.05, 3.63) is 107 Å². The number of carbonyl (C=O) groups excluding carboxylic acids is 10. The van der Waals surface area contributed by atoms with E-state index in [2.05, 4.69) is 13.2 Å². The van der Waals surface area contributed by atoms with Crippen LogP contribution in [0, 0.1) is 46.3 Å². The van der Waals surface area contributed by atoms with Crippen molar-refractivity contribution in [1.82, 2.24) is 0 Å². The first-order valence-corrected chi connectivity index (χ1v) is 30.9. The number of fused-ring (bicyclic) bond motifs is 1. The Bertz CT molecular complexity index is 3210. The Balaban J connectivity index is 0.885. The number of allylic oxidation sites excluding steroid dienone is 1. The molecule has 25 heteroatoms. The lowest BCUT2D eigenvalue weighted by Crippen LogP contribution is -2.30. The van der Waals surface area contributed by atoms with Crippen LogP contribution in [-0.2, 0) is 93.9 Å². The molecule has 23 nitrogen and oxygen atoms in total. The summed E-state index contributed by atoms with van der Waals surface area (Å²) in [6, 6.07) is 20.2. The second kappa shape index (κ2) is 36.0. The zero-order valence-corrected chi connectivity index (χ0v) is 51.7. The second-order valence-corrected chi connectivity index (χ2v) is 23.5. The molecule has 2 saturated carbocycles. The molecule has 0 aromatic heterocycles. The Labute approximate surface area is 529 Å². The van der Waals surface area contributed by atoms with Crippen LogP contribution in [0.25, 0.3) is 0 Å². The molecule has 3 aliphatic rings. The first kappa shape index (κ1) is 70.3. The third-order valence-corrected chi connectivity index (χ3v) is 16.9. The minimum atomic E-state index is -0.675. The lowest BCUT2D eigenvalue weighted by atomic mass is 9.82. The van der Waals surface area contributed by atoms with Crippen molar-refractivity contribution in [1.29, 1.82) is 10.5 Å². The maximum atomic E-state index is 13.7. The zero-order chi connectivity index (χ0) is 65.1. The summed E-state index contributed by atoms with van der Waals surface area (Å²) in [6.45, 7) is 11.4. The molecular formula is C65H70N2O21S2. The molecule has 90 heavy (non-hydrogen) atoms. The summed E-state index contributed by atoms with van der Waals surface area (Å²) in [6.07, 6.45) is 3.19. The fraction of sp³-hybridized carbons (Fsp3) is 0.446. The normalized spacial score (nSPS) is 17.5. The van der Waals surface area contributed by atoms with Gasteiger partial charge in [0.25, 0.3) is 0 Å². The summed E-state index contributed by atoms with van der Waals surface area (Å²) in [5.74, 6) is -6.73. The van der Waals surface area contributed by atoms with Crippen molar-refractivity contribution in [3.63, 3.8) is 0 Å². The average molecular weight is 1280 g/mol. The zero-order valence-electron chi connectivity index (χ0n) is 50.1. The van der Waals surface area contributed by atoms with E-state index in [0.29, 0.717) is 89.7 Å². The third-order valence-electron chi connectivity index (χ3n) is 14.3. The summed E-state index contributed by atoms with van der Waals surface area (Å²) in [4.78, 5) is 126. The number of benzene rings is 3. The van der Waals surface area contributed by atoms with Gasteiger partial charge >= 0.3 is 59.7 Å². The minimum absolute atomic E-state index is 0.0113. The molecule has 2 aliphatic carbocycles. The van der Waals surface area contributed by atoms with Crippen LogP contribution in [0.4, 0.5) is 0 Å². The maximum absolute atomic E-state index is 13.7. The fourth-order valence-corrected chi connectivity index (χ4v) is 11.8. The number of nitrogens with zero attached hydrogens (tertiary/aromatic N) is 2. The Morgan fingerprint density at radius 2 is 0.822 bits per heavy atom. The SMILES string of the molecule is C=CC(=O)OCC(C)OC(C)COC(=O)CCC(=O)OCCc1ccc(OC(=O)C2CCC(C(=O)Oc3ccc(OC(=O)C4CCC(C(=O)Oc5ccc(CCOC(=O)CCC(=O)OCC(C)OC(=O)C=C)cc5)CC4)c4c3SC(=C(C#N)C#N)S4)CC2)cc1. The molecule has 0 N–H and O–H groups in total. The highest BCUT2D eigenvalue weighted by atomic mass is 32.2. The van der Waals surface area contributed by atoms with Gasteiger partial charge in [0, 0.05) is 25.0 Å². The number of hydrogen-bond acceptors (Lipinski definition) is 25. The van der Waals surface area contributed by atoms with Crippen LogP contribution in [0.3, 0.4) is 0 Å². The number of thioether (sulfide) groups is 2. The van der Waals surface area contributed by atoms with Gasteiger partial charge in [-0.15, -0.1) is 0 Å². The van der Waals surface area contributed by atoms with Crippen LogP contribution in [0.2, 0.25) is 0 Å². The van der Waals surface area contributed by atoms with Gasteiger partial charge in [0.1, 0.15) is 66.6 Å². The maximum Gasteiger partial charge on any atom is 0.330 e. The van der Waals surface area contributed by atoms with Gasteiger partial charge in [0.2, 0.25) is 0 Å². The first-order valence-electron chi connectivity index (χ1n) is 29.3. The third kappa shape index (κ3) is 23.0. The number of hydrogen-bond donors (Lipinski definition) is 0. The van der Waals surface area contributed by atoms with Gasteiger partial charge in [-0.05, 0) is 120 Å². The monoisotopic (exact) mass is 1280 g/mol. The largest absolute Gasteiger partial charge is 0.465 e. The van der Waals surface area contributed by atoms with E-state index in [9.17, 15) is 58.5 Å². The molecule has 1 aliphatic heterocycles.